The molecule has 3 heterocycles. The largest absolute Gasteiger partial charge is 0.363 e. The number of nitrogens with one attached hydrogen (secondary N) is 1. The van der Waals surface area contributed by atoms with Crippen molar-refractivity contribution in [1.82, 2.24) is 14.9 Å². The Labute approximate surface area is 380 Å². The average molecular weight is 837 g/mol. The summed E-state index contributed by atoms with van der Waals surface area (Å²) in [5.74, 6) is 1.57. The van der Waals surface area contributed by atoms with E-state index in [-0.39, 0.29) is 12.1 Å². The molecule has 0 saturated heterocycles. The zero-order valence-electron chi connectivity index (χ0n) is 36.3. The van der Waals surface area contributed by atoms with E-state index in [2.05, 4.69) is 229 Å². The van der Waals surface area contributed by atoms with Crippen LogP contribution in [0.1, 0.15) is 64.7 Å². The molecule has 0 fully saturated rings. The van der Waals surface area contributed by atoms with Crippen LogP contribution < -0.4 is 5.32 Å². The Balaban J connectivity index is 0.907. The summed E-state index contributed by atoms with van der Waals surface area (Å²) < 4.78 is 2.42. The molecule has 1 aliphatic carbocycles. The van der Waals surface area contributed by atoms with Crippen LogP contribution in [0.15, 0.2) is 224 Å². The summed E-state index contributed by atoms with van der Waals surface area (Å²) in [5, 5.41) is 6.30. The maximum absolute atomic E-state index is 5.48. The normalized spacial score (nSPS) is 17.8. The Morgan fingerprint density at radius 3 is 2.06 bits per heavy atom. The minimum Gasteiger partial charge on any atom is -0.363 e. The third-order valence-corrected chi connectivity index (χ3v) is 13.8. The van der Waals surface area contributed by atoms with Gasteiger partial charge in [0, 0.05) is 39.7 Å². The Hall–Kier alpha value is -7.82. The number of aromatic nitrogens is 2. The first-order valence-corrected chi connectivity index (χ1v) is 23.0. The Morgan fingerprint density at radius 2 is 1.22 bits per heavy atom. The van der Waals surface area contributed by atoms with Gasteiger partial charge < -0.3 is 9.88 Å². The second-order valence-corrected chi connectivity index (χ2v) is 17.8. The van der Waals surface area contributed by atoms with Crippen molar-refractivity contribution in [2.75, 3.05) is 0 Å². The van der Waals surface area contributed by atoms with Gasteiger partial charge in [-0.05, 0) is 117 Å². The van der Waals surface area contributed by atoms with Gasteiger partial charge in [0.05, 0.1) is 28.8 Å². The third-order valence-electron chi connectivity index (χ3n) is 13.8. The van der Waals surface area contributed by atoms with Crippen LogP contribution in [-0.4, -0.2) is 15.4 Å². The number of aliphatic imine (C=N–C) groups is 1. The van der Waals surface area contributed by atoms with E-state index >= 15 is 0 Å². The number of hydrogen-bond acceptors (Lipinski definition) is 3. The van der Waals surface area contributed by atoms with Gasteiger partial charge in [0.15, 0.2) is 0 Å². The molecule has 4 unspecified atom stereocenters. The van der Waals surface area contributed by atoms with Crippen molar-refractivity contribution in [1.29, 1.82) is 0 Å². The summed E-state index contributed by atoms with van der Waals surface area (Å²) in [5.41, 5.74) is 18.3. The van der Waals surface area contributed by atoms with Gasteiger partial charge in [-0.1, -0.05) is 171 Å². The summed E-state index contributed by atoms with van der Waals surface area (Å²) in [6.45, 7) is 2.33. The first-order chi connectivity index (χ1) is 32.1. The zero-order chi connectivity index (χ0) is 43.3. The molecule has 4 heteroatoms. The Morgan fingerprint density at radius 1 is 0.523 bits per heavy atom. The van der Waals surface area contributed by atoms with Crippen LogP contribution in [0.25, 0.3) is 61.0 Å². The van der Waals surface area contributed by atoms with Crippen molar-refractivity contribution >= 4 is 27.6 Å². The van der Waals surface area contributed by atoms with Crippen molar-refractivity contribution in [3.8, 4) is 39.2 Å². The van der Waals surface area contributed by atoms with Gasteiger partial charge in [-0.3, -0.25) is 9.98 Å². The van der Waals surface area contributed by atoms with Crippen LogP contribution in [0.3, 0.4) is 0 Å². The number of rotatable bonds is 8. The van der Waals surface area contributed by atoms with Crippen LogP contribution in [-0.2, 0) is 6.42 Å². The molecule has 2 aromatic heterocycles. The molecule has 2 aliphatic rings. The molecule has 65 heavy (non-hydrogen) atoms. The molecule has 12 rings (SSSR count). The molecule has 1 N–H and O–H groups in total. The van der Waals surface area contributed by atoms with Crippen LogP contribution in [0.2, 0.25) is 0 Å². The quantitative estimate of drug-likeness (QED) is 0.166. The van der Waals surface area contributed by atoms with Gasteiger partial charge in [0.2, 0.25) is 0 Å². The van der Waals surface area contributed by atoms with Crippen molar-refractivity contribution in [2.24, 2.45) is 10.9 Å². The molecule has 4 atom stereocenters. The third kappa shape index (κ3) is 7.12. The van der Waals surface area contributed by atoms with E-state index in [0.717, 1.165) is 46.7 Å². The summed E-state index contributed by atoms with van der Waals surface area (Å²) >= 11 is 0. The van der Waals surface area contributed by atoms with Gasteiger partial charge in [-0.2, -0.15) is 0 Å². The maximum Gasteiger partial charge on any atom is 0.129 e. The fraction of sp³-hybridized carbons (Fsp3) is 0.115. The Bertz CT molecular complexity index is 3390. The van der Waals surface area contributed by atoms with Gasteiger partial charge in [0.1, 0.15) is 5.84 Å². The van der Waals surface area contributed by atoms with E-state index < -0.39 is 0 Å². The fourth-order valence-electron chi connectivity index (χ4n) is 10.7. The van der Waals surface area contributed by atoms with E-state index in [1.54, 1.807) is 0 Å². The molecule has 10 aromatic rings. The second-order valence-electron chi connectivity index (χ2n) is 17.8. The van der Waals surface area contributed by atoms with Gasteiger partial charge in [0.25, 0.3) is 0 Å². The minimum absolute atomic E-state index is 0.0294. The van der Waals surface area contributed by atoms with Crippen LogP contribution in [0.5, 0.6) is 0 Å². The van der Waals surface area contributed by atoms with Crippen LogP contribution >= 0.6 is 0 Å². The molecule has 4 nitrogen and oxygen atoms in total. The first-order valence-electron chi connectivity index (χ1n) is 23.0. The van der Waals surface area contributed by atoms with Crippen molar-refractivity contribution in [3.05, 3.63) is 252 Å². The lowest BCUT2D eigenvalue weighted by atomic mass is 9.88. The Kier molecular flexibility index (Phi) is 9.79. The predicted molar refractivity (Wildman–Crippen MR) is 269 cm³/mol. The number of pyridine rings is 1. The molecule has 0 amide bonds. The molecule has 0 saturated carbocycles. The molecule has 0 radical (unpaired) electrons. The van der Waals surface area contributed by atoms with Crippen molar-refractivity contribution in [3.63, 3.8) is 0 Å². The lowest BCUT2D eigenvalue weighted by Gasteiger charge is -2.22. The number of nitrogens with zero attached hydrogens (tertiary/aromatic N) is 3. The summed E-state index contributed by atoms with van der Waals surface area (Å²) in [6, 6.07) is 77.6. The summed E-state index contributed by atoms with van der Waals surface area (Å²) in [4.78, 5) is 10.5. The summed E-state index contributed by atoms with van der Waals surface area (Å²) in [7, 11) is 0. The highest BCUT2D eigenvalue weighted by Gasteiger charge is 2.30. The SMILES string of the molecule is CC1CC(c2ccccc2)NC(c2ccnc(-c3ccc4c(c3)c3ccccc3n4-c3cccc(-c4ccc5c(c4)-c4ccccc4C5Cc4ccccc4)c3)c2)=NC1c1ccccc1. The number of hydrogen-bond donors (Lipinski definition) is 1. The molecule has 312 valence electrons. The molecular formula is C61H48N4. The predicted octanol–water partition coefficient (Wildman–Crippen LogP) is 14.7. The number of amidine groups is 1. The number of benzene rings is 8. The van der Waals surface area contributed by atoms with E-state index in [1.165, 1.54) is 66.4 Å². The van der Waals surface area contributed by atoms with Crippen molar-refractivity contribution < 1.29 is 0 Å². The molecule has 8 aromatic carbocycles. The number of fused-ring (bicyclic) bond motifs is 6. The molecule has 0 bridgehead atoms. The lowest BCUT2D eigenvalue weighted by Crippen LogP contribution is -2.28. The maximum atomic E-state index is 5.48. The zero-order valence-corrected chi connectivity index (χ0v) is 36.3. The highest BCUT2D eigenvalue weighted by Crippen LogP contribution is 2.48. The average Bonchev–Trinajstić information content (AvgIpc) is 3.79. The fourth-order valence-corrected chi connectivity index (χ4v) is 10.7. The van der Waals surface area contributed by atoms with E-state index in [1.807, 2.05) is 6.20 Å². The highest BCUT2D eigenvalue weighted by molar-refractivity contribution is 6.10. The van der Waals surface area contributed by atoms with Gasteiger partial charge >= 0.3 is 0 Å². The second kappa shape index (κ2) is 16.4. The smallest absolute Gasteiger partial charge is 0.129 e. The van der Waals surface area contributed by atoms with E-state index in [0.29, 0.717) is 11.8 Å². The van der Waals surface area contributed by atoms with E-state index in [9.17, 15) is 0 Å². The van der Waals surface area contributed by atoms with Crippen molar-refractivity contribution in [2.45, 2.75) is 37.8 Å². The lowest BCUT2D eigenvalue weighted by molar-refractivity contribution is 0.406. The van der Waals surface area contributed by atoms with E-state index in [4.69, 9.17) is 9.98 Å². The number of para-hydroxylation sites is 1. The van der Waals surface area contributed by atoms with Crippen LogP contribution in [0.4, 0.5) is 0 Å². The molecule has 1 aliphatic heterocycles. The molecule has 0 spiro atoms. The minimum atomic E-state index is 0.0294. The van der Waals surface area contributed by atoms with Gasteiger partial charge in [-0.25, -0.2) is 0 Å². The van der Waals surface area contributed by atoms with Gasteiger partial charge in [-0.15, -0.1) is 0 Å². The monoisotopic (exact) mass is 836 g/mol. The summed E-state index contributed by atoms with van der Waals surface area (Å²) in [6.07, 6.45) is 3.89. The first kappa shape index (κ1) is 38.8. The standard InChI is InChI=1S/C61H48N4/c1-40-34-57(42-18-7-3-8-19-42)63-61(64-60(40)43-20-9-4-10-21-43)47-32-33-62-56(39-47)46-29-31-59-55(38-46)52-26-13-14-27-58(52)65(59)48-23-15-22-44(36-48)45-28-30-51-53(35-41-16-5-2-6-17-41)49-24-11-12-25-50(49)54(51)37-45/h2-33,36-40,53,57,60H,34-35H2,1H3,(H,63,64). The topological polar surface area (TPSA) is 42.2 Å². The highest BCUT2D eigenvalue weighted by atomic mass is 15.1. The van der Waals surface area contributed by atoms with Crippen LogP contribution in [0, 0.1) is 5.92 Å². The molecular weight excluding hydrogens is 789 g/mol.